The summed E-state index contributed by atoms with van der Waals surface area (Å²) in [5.74, 6) is 0.826. The van der Waals surface area contributed by atoms with Gasteiger partial charge in [0.1, 0.15) is 5.82 Å². The molecular formula is C18H20N4O2S2. The van der Waals surface area contributed by atoms with E-state index in [9.17, 15) is 8.42 Å². The van der Waals surface area contributed by atoms with E-state index in [-0.39, 0.29) is 5.25 Å². The maximum absolute atomic E-state index is 11.9. The van der Waals surface area contributed by atoms with E-state index in [1.165, 1.54) is 18.0 Å². The molecule has 1 atom stereocenters. The first kappa shape index (κ1) is 17.4. The minimum absolute atomic E-state index is 0.286. The molecule has 3 heterocycles. The number of hydrogen-bond donors (Lipinski definition) is 0. The molecule has 1 aromatic carbocycles. The third-order valence-electron chi connectivity index (χ3n) is 4.85. The van der Waals surface area contributed by atoms with Gasteiger partial charge in [-0.15, -0.1) is 0 Å². The van der Waals surface area contributed by atoms with Gasteiger partial charge in [0, 0.05) is 42.8 Å². The highest BCUT2D eigenvalue weighted by atomic mass is 32.2. The molecule has 0 N–H and O–H groups in total. The van der Waals surface area contributed by atoms with Crippen LogP contribution in [0.4, 0.5) is 5.69 Å². The molecule has 3 aromatic rings. The quantitative estimate of drug-likeness (QED) is 0.506. The summed E-state index contributed by atoms with van der Waals surface area (Å²) in [5, 5.41) is 1.55. The number of sulfone groups is 1. The molecule has 1 aliphatic heterocycles. The number of nitrogens with zero attached hydrogens (tertiary/aromatic N) is 4. The minimum atomic E-state index is -3.01. The minimum Gasteiger partial charge on any atom is -0.370 e. The van der Waals surface area contributed by atoms with Crippen molar-refractivity contribution in [2.45, 2.75) is 16.8 Å². The van der Waals surface area contributed by atoms with E-state index >= 15 is 0 Å². The Hall–Kier alpha value is -2.06. The van der Waals surface area contributed by atoms with Gasteiger partial charge in [-0.3, -0.25) is 0 Å². The van der Waals surface area contributed by atoms with Crippen LogP contribution in [0.5, 0.6) is 0 Å². The van der Waals surface area contributed by atoms with Gasteiger partial charge in [0.15, 0.2) is 15.0 Å². The molecule has 136 valence electrons. The Morgan fingerprint density at radius 2 is 2.08 bits per heavy atom. The lowest BCUT2D eigenvalue weighted by Crippen LogP contribution is -2.26. The summed E-state index contributed by atoms with van der Waals surface area (Å²) in [6.07, 6.45) is 7.73. The Labute approximate surface area is 157 Å². The molecule has 0 amide bonds. The van der Waals surface area contributed by atoms with E-state index in [4.69, 9.17) is 0 Å². The molecule has 26 heavy (non-hydrogen) atoms. The first-order valence-electron chi connectivity index (χ1n) is 8.38. The third kappa shape index (κ3) is 3.07. The molecule has 1 saturated heterocycles. The smallest absolute Gasteiger partial charge is 0.189 e. The molecule has 0 bridgehead atoms. The van der Waals surface area contributed by atoms with Crippen molar-refractivity contribution < 1.29 is 8.42 Å². The van der Waals surface area contributed by atoms with Crippen molar-refractivity contribution >= 4 is 38.2 Å². The second-order valence-corrected chi connectivity index (χ2v) is 9.58. The Morgan fingerprint density at radius 1 is 1.23 bits per heavy atom. The maximum Gasteiger partial charge on any atom is 0.189 e. The fourth-order valence-electron chi connectivity index (χ4n) is 3.49. The predicted octanol–water partition coefficient (Wildman–Crippen LogP) is 2.77. The zero-order valence-corrected chi connectivity index (χ0v) is 16.3. The molecule has 1 fully saturated rings. The van der Waals surface area contributed by atoms with Crippen molar-refractivity contribution in [1.82, 2.24) is 14.5 Å². The van der Waals surface area contributed by atoms with Crippen LogP contribution >= 0.6 is 11.8 Å². The average Bonchev–Trinajstić information content (AvgIpc) is 3.28. The molecule has 0 aliphatic carbocycles. The second-order valence-electron chi connectivity index (χ2n) is 6.48. The molecular weight excluding hydrogens is 368 g/mol. The lowest BCUT2D eigenvalue weighted by molar-refractivity contribution is 0.589. The van der Waals surface area contributed by atoms with Crippen LogP contribution in [-0.2, 0) is 9.84 Å². The van der Waals surface area contributed by atoms with Gasteiger partial charge in [-0.05, 0) is 36.9 Å². The van der Waals surface area contributed by atoms with E-state index < -0.39 is 9.84 Å². The second kappa shape index (κ2) is 6.59. The Kier molecular flexibility index (Phi) is 4.40. The van der Waals surface area contributed by atoms with Crippen molar-refractivity contribution in [3.8, 4) is 5.82 Å². The predicted molar refractivity (Wildman–Crippen MR) is 106 cm³/mol. The fraction of sp³-hybridized carbons (Fsp3) is 0.333. The van der Waals surface area contributed by atoms with Crippen molar-refractivity contribution in [2.75, 3.05) is 30.5 Å². The summed E-state index contributed by atoms with van der Waals surface area (Å²) in [4.78, 5) is 11.0. The van der Waals surface area contributed by atoms with E-state index in [2.05, 4.69) is 33.1 Å². The number of hydrogen-bond acceptors (Lipinski definition) is 6. The SMILES string of the molecule is CSc1nccc(-n2ccc3c(N4CCC(S(C)(=O)=O)C4)cccc32)n1. The molecule has 6 nitrogen and oxygen atoms in total. The fourth-order valence-corrected chi connectivity index (χ4v) is 4.82. The van der Waals surface area contributed by atoms with Crippen LogP contribution in [0.1, 0.15) is 6.42 Å². The molecule has 2 aromatic heterocycles. The number of thioether (sulfide) groups is 1. The highest BCUT2D eigenvalue weighted by molar-refractivity contribution is 7.98. The van der Waals surface area contributed by atoms with E-state index in [0.29, 0.717) is 13.0 Å². The summed E-state index contributed by atoms with van der Waals surface area (Å²) in [5.41, 5.74) is 2.13. The van der Waals surface area contributed by atoms with Crippen LogP contribution in [-0.4, -0.2) is 53.8 Å². The lowest BCUT2D eigenvalue weighted by atomic mass is 10.2. The van der Waals surface area contributed by atoms with Crippen LogP contribution in [0.3, 0.4) is 0 Å². The number of benzene rings is 1. The molecule has 8 heteroatoms. The van der Waals surface area contributed by atoms with Crippen LogP contribution < -0.4 is 4.90 Å². The average molecular weight is 389 g/mol. The molecule has 0 saturated carbocycles. The Bertz CT molecular complexity index is 1060. The summed E-state index contributed by atoms with van der Waals surface area (Å²) in [6, 6.07) is 10.1. The topological polar surface area (TPSA) is 68.1 Å². The highest BCUT2D eigenvalue weighted by Gasteiger charge is 2.30. The Balaban J connectivity index is 1.74. The summed E-state index contributed by atoms with van der Waals surface area (Å²) in [6.45, 7) is 1.30. The number of rotatable bonds is 4. The van der Waals surface area contributed by atoms with Crippen molar-refractivity contribution in [3.05, 3.63) is 42.7 Å². The first-order valence-corrected chi connectivity index (χ1v) is 11.6. The highest BCUT2D eigenvalue weighted by Crippen LogP contribution is 2.32. The van der Waals surface area contributed by atoms with Gasteiger partial charge in [0.05, 0.1) is 10.8 Å². The number of aromatic nitrogens is 3. The van der Waals surface area contributed by atoms with Gasteiger partial charge >= 0.3 is 0 Å². The van der Waals surface area contributed by atoms with Gasteiger partial charge in [-0.25, -0.2) is 18.4 Å². The van der Waals surface area contributed by atoms with Crippen LogP contribution in [0, 0.1) is 0 Å². The van der Waals surface area contributed by atoms with Crippen molar-refractivity contribution in [2.24, 2.45) is 0 Å². The van der Waals surface area contributed by atoms with Crippen molar-refractivity contribution in [3.63, 3.8) is 0 Å². The standard InChI is InChI=1S/C18H20N4O2S2/c1-25-18-19-9-6-17(20-18)22-11-8-14-15(4-3-5-16(14)22)21-10-7-13(12-21)26(2,23)24/h3-6,8-9,11,13H,7,10,12H2,1-2H3. The lowest BCUT2D eigenvalue weighted by Gasteiger charge is -2.19. The third-order valence-corrected chi connectivity index (χ3v) is 7.01. The largest absolute Gasteiger partial charge is 0.370 e. The van der Waals surface area contributed by atoms with Crippen LogP contribution in [0.25, 0.3) is 16.7 Å². The van der Waals surface area contributed by atoms with Gasteiger partial charge in [0.25, 0.3) is 0 Å². The van der Waals surface area contributed by atoms with Gasteiger partial charge < -0.3 is 9.47 Å². The van der Waals surface area contributed by atoms with Gasteiger partial charge in [0.2, 0.25) is 0 Å². The van der Waals surface area contributed by atoms with Crippen LogP contribution in [0.15, 0.2) is 47.9 Å². The van der Waals surface area contributed by atoms with Gasteiger partial charge in [-0.1, -0.05) is 17.8 Å². The Morgan fingerprint density at radius 3 is 2.81 bits per heavy atom. The monoisotopic (exact) mass is 388 g/mol. The van der Waals surface area contributed by atoms with E-state index in [1.54, 1.807) is 6.20 Å². The molecule has 4 rings (SSSR count). The molecule has 1 aliphatic rings. The van der Waals surface area contributed by atoms with E-state index in [0.717, 1.165) is 34.1 Å². The summed E-state index contributed by atoms with van der Waals surface area (Å²) >= 11 is 1.51. The summed E-state index contributed by atoms with van der Waals surface area (Å²) < 4.78 is 25.8. The normalized spacial score (nSPS) is 17.9. The van der Waals surface area contributed by atoms with Gasteiger partial charge in [-0.2, -0.15) is 0 Å². The maximum atomic E-state index is 11.9. The first-order chi connectivity index (χ1) is 12.5. The number of fused-ring (bicyclic) bond motifs is 1. The zero-order valence-electron chi connectivity index (χ0n) is 14.7. The zero-order chi connectivity index (χ0) is 18.3. The van der Waals surface area contributed by atoms with E-state index in [1.807, 2.05) is 29.2 Å². The molecule has 0 radical (unpaired) electrons. The van der Waals surface area contributed by atoms with Crippen molar-refractivity contribution in [1.29, 1.82) is 0 Å². The van der Waals surface area contributed by atoms with Crippen LogP contribution in [0.2, 0.25) is 0 Å². The summed E-state index contributed by atoms with van der Waals surface area (Å²) in [7, 11) is -3.01. The molecule has 0 spiro atoms. The number of anilines is 1. The molecule has 1 unspecified atom stereocenters.